The topological polar surface area (TPSA) is 94.8 Å². The Morgan fingerprint density at radius 1 is 1.21 bits per heavy atom. The van der Waals surface area contributed by atoms with E-state index in [2.05, 4.69) is 5.32 Å². The second-order valence-electron chi connectivity index (χ2n) is 7.99. The van der Waals surface area contributed by atoms with Crippen LogP contribution in [0.1, 0.15) is 51.2 Å². The molecule has 0 radical (unpaired) electrons. The Morgan fingerprint density at radius 3 is 2.66 bits per heavy atom. The third kappa shape index (κ3) is 5.29. The number of amides is 1. The quantitative estimate of drug-likeness (QED) is 0.337. The minimum absolute atomic E-state index is 0.0816. The first-order valence-corrected chi connectivity index (χ1v) is 9.97. The van der Waals surface area contributed by atoms with Gasteiger partial charge in [-0.25, -0.2) is 9.59 Å². The summed E-state index contributed by atoms with van der Waals surface area (Å²) in [7, 11) is 0. The highest BCUT2D eigenvalue weighted by molar-refractivity contribution is 6.33. The van der Waals surface area contributed by atoms with Gasteiger partial charge in [-0.1, -0.05) is 11.6 Å². The van der Waals surface area contributed by atoms with Crippen molar-refractivity contribution in [3.05, 3.63) is 38.7 Å². The van der Waals surface area contributed by atoms with E-state index in [1.54, 1.807) is 26.8 Å². The SMILES string of the molecule is CC(C)(C)OC(=O)NCCCC(=O)Oc1cc2oc(=O)c3c(c2cc1Cl)CCC3. The number of nitrogens with one attached hydrogen (secondary N) is 1. The summed E-state index contributed by atoms with van der Waals surface area (Å²) < 4.78 is 15.8. The van der Waals surface area contributed by atoms with Crippen molar-refractivity contribution in [2.24, 2.45) is 0 Å². The molecule has 2 aromatic rings. The number of aryl methyl sites for hydroxylation is 1. The second kappa shape index (κ2) is 8.45. The smallest absolute Gasteiger partial charge is 0.407 e. The van der Waals surface area contributed by atoms with Gasteiger partial charge >= 0.3 is 17.7 Å². The van der Waals surface area contributed by atoms with Crippen LogP contribution in [0.4, 0.5) is 4.79 Å². The van der Waals surface area contributed by atoms with Gasteiger partial charge in [0.25, 0.3) is 0 Å². The minimum atomic E-state index is -0.578. The molecule has 1 aliphatic carbocycles. The molecule has 1 aromatic heterocycles. The number of rotatable bonds is 5. The number of carbonyl (C=O) groups is 2. The summed E-state index contributed by atoms with van der Waals surface area (Å²) in [6.07, 6.45) is 2.34. The molecule has 3 rings (SSSR count). The summed E-state index contributed by atoms with van der Waals surface area (Å²) in [5, 5.41) is 3.64. The van der Waals surface area contributed by atoms with Crippen molar-refractivity contribution in [1.29, 1.82) is 0 Å². The summed E-state index contributed by atoms with van der Waals surface area (Å²) in [5.74, 6) is -0.355. The van der Waals surface area contributed by atoms with Gasteiger partial charge in [0.2, 0.25) is 0 Å². The lowest BCUT2D eigenvalue weighted by molar-refractivity contribution is -0.134. The molecular formula is C21H24ClNO6. The lowest BCUT2D eigenvalue weighted by Crippen LogP contribution is -2.33. The molecule has 1 aliphatic rings. The Morgan fingerprint density at radius 2 is 1.93 bits per heavy atom. The summed E-state index contributed by atoms with van der Waals surface area (Å²) in [4.78, 5) is 35.8. The van der Waals surface area contributed by atoms with Crippen LogP contribution >= 0.6 is 11.6 Å². The van der Waals surface area contributed by atoms with E-state index >= 15 is 0 Å². The van der Waals surface area contributed by atoms with Crippen LogP contribution in [0.2, 0.25) is 5.02 Å². The van der Waals surface area contributed by atoms with Crippen LogP contribution in [-0.2, 0) is 22.4 Å². The third-order valence-electron chi connectivity index (χ3n) is 4.48. The molecule has 156 valence electrons. The van der Waals surface area contributed by atoms with Gasteiger partial charge in [0, 0.05) is 30.0 Å². The van der Waals surface area contributed by atoms with E-state index in [1.807, 2.05) is 0 Å². The maximum absolute atomic E-state index is 12.1. The monoisotopic (exact) mass is 421 g/mol. The highest BCUT2D eigenvalue weighted by Crippen LogP contribution is 2.34. The molecule has 1 N–H and O–H groups in total. The molecule has 1 aromatic carbocycles. The van der Waals surface area contributed by atoms with Gasteiger partial charge < -0.3 is 19.2 Å². The Balaban J connectivity index is 1.59. The van der Waals surface area contributed by atoms with E-state index in [-0.39, 0.29) is 29.4 Å². The zero-order valence-electron chi connectivity index (χ0n) is 16.7. The number of fused-ring (bicyclic) bond motifs is 3. The third-order valence-corrected chi connectivity index (χ3v) is 4.77. The number of halogens is 1. The van der Waals surface area contributed by atoms with Gasteiger partial charge in [-0.3, -0.25) is 4.79 Å². The van der Waals surface area contributed by atoms with Crippen molar-refractivity contribution in [2.45, 2.75) is 58.5 Å². The minimum Gasteiger partial charge on any atom is -0.444 e. The predicted molar refractivity (Wildman–Crippen MR) is 109 cm³/mol. The zero-order chi connectivity index (χ0) is 21.2. The first-order valence-electron chi connectivity index (χ1n) is 9.60. The van der Waals surface area contributed by atoms with E-state index in [9.17, 15) is 14.4 Å². The first kappa shape index (κ1) is 21.2. The molecule has 7 nitrogen and oxygen atoms in total. The summed E-state index contributed by atoms with van der Waals surface area (Å²) in [5.41, 5.74) is 1.10. The van der Waals surface area contributed by atoms with Crippen molar-refractivity contribution in [2.75, 3.05) is 6.54 Å². The fourth-order valence-corrected chi connectivity index (χ4v) is 3.47. The van der Waals surface area contributed by atoms with Crippen LogP contribution in [0.5, 0.6) is 5.75 Å². The normalized spacial score (nSPS) is 13.2. The maximum atomic E-state index is 12.1. The van der Waals surface area contributed by atoms with Crippen molar-refractivity contribution in [1.82, 2.24) is 5.32 Å². The summed E-state index contributed by atoms with van der Waals surface area (Å²) >= 11 is 6.28. The van der Waals surface area contributed by atoms with E-state index in [1.165, 1.54) is 6.07 Å². The molecule has 1 heterocycles. The number of hydrogen-bond acceptors (Lipinski definition) is 6. The lowest BCUT2D eigenvalue weighted by atomic mass is 10.1. The van der Waals surface area contributed by atoms with Crippen molar-refractivity contribution in [3.63, 3.8) is 0 Å². The van der Waals surface area contributed by atoms with E-state index in [0.29, 0.717) is 24.0 Å². The molecule has 0 spiro atoms. The summed E-state index contributed by atoms with van der Waals surface area (Å²) in [6.45, 7) is 5.59. The van der Waals surface area contributed by atoms with Crippen LogP contribution < -0.4 is 15.7 Å². The van der Waals surface area contributed by atoms with Crippen molar-refractivity contribution < 1.29 is 23.5 Å². The van der Waals surface area contributed by atoms with Gasteiger partial charge in [0.05, 0.1) is 5.02 Å². The van der Waals surface area contributed by atoms with Gasteiger partial charge in [0.15, 0.2) is 5.75 Å². The van der Waals surface area contributed by atoms with Crippen LogP contribution in [0, 0.1) is 0 Å². The number of ether oxygens (including phenoxy) is 2. The van der Waals surface area contributed by atoms with Crippen LogP contribution in [0.25, 0.3) is 11.0 Å². The van der Waals surface area contributed by atoms with E-state index < -0.39 is 17.7 Å². The highest BCUT2D eigenvalue weighted by atomic mass is 35.5. The number of hydrogen-bond donors (Lipinski definition) is 1. The van der Waals surface area contributed by atoms with Crippen LogP contribution in [0.3, 0.4) is 0 Å². The Hall–Kier alpha value is -2.54. The predicted octanol–water partition coefficient (Wildman–Crippen LogP) is 4.15. The van der Waals surface area contributed by atoms with Crippen LogP contribution in [0.15, 0.2) is 21.3 Å². The molecular weight excluding hydrogens is 398 g/mol. The fourth-order valence-electron chi connectivity index (χ4n) is 3.27. The molecule has 0 unspecified atom stereocenters. The summed E-state index contributed by atoms with van der Waals surface area (Å²) in [6, 6.07) is 3.16. The van der Waals surface area contributed by atoms with Crippen LogP contribution in [-0.4, -0.2) is 24.2 Å². The fraction of sp³-hybridized carbons (Fsp3) is 0.476. The molecule has 0 bridgehead atoms. The van der Waals surface area contributed by atoms with E-state index in [0.717, 1.165) is 23.8 Å². The highest BCUT2D eigenvalue weighted by Gasteiger charge is 2.21. The molecule has 8 heteroatoms. The zero-order valence-corrected chi connectivity index (χ0v) is 17.5. The molecule has 0 saturated carbocycles. The lowest BCUT2D eigenvalue weighted by Gasteiger charge is -2.19. The Bertz CT molecular complexity index is 1000. The average molecular weight is 422 g/mol. The maximum Gasteiger partial charge on any atom is 0.407 e. The number of esters is 1. The largest absolute Gasteiger partial charge is 0.444 e. The van der Waals surface area contributed by atoms with E-state index in [4.69, 9.17) is 25.5 Å². The van der Waals surface area contributed by atoms with Gasteiger partial charge in [-0.2, -0.15) is 0 Å². The van der Waals surface area contributed by atoms with Crippen molar-refractivity contribution >= 4 is 34.6 Å². The molecule has 0 fully saturated rings. The average Bonchev–Trinajstić information content (AvgIpc) is 3.09. The molecule has 0 aliphatic heterocycles. The molecule has 0 saturated heterocycles. The molecule has 0 atom stereocenters. The molecule has 1 amide bonds. The number of benzene rings is 1. The van der Waals surface area contributed by atoms with Crippen molar-refractivity contribution in [3.8, 4) is 5.75 Å². The Kier molecular flexibility index (Phi) is 6.17. The Labute approximate surface area is 173 Å². The first-order chi connectivity index (χ1) is 13.6. The number of carbonyl (C=O) groups excluding carboxylic acids is 2. The second-order valence-corrected chi connectivity index (χ2v) is 8.39. The standard InChI is InChI=1S/C21H24ClNO6/c1-21(2,3)29-20(26)23-9-5-8-18(24)27-17-11-16-14(10-15(17)22)12-6-4-7-13(12)19(25)28-16/h10-11H,4-9H2,1-3H3,(H,23,26). The van der Waals surface area contributed by atoms with Gasteiger partial charge in [0.1, 0.15) is 11.2 Å². The molecule has 29 heavy (non-hydrogen) atoms. The number of alkyl carbamates (subject to hydrolysis) is 1. The van der Waals surface area contributed by atoms with Gasteiger partial charge in [-0.15, -0.1) is 0 Å². The van der Waals surface area contributed by atoms with Gasteiger partial charge in [-0.05, 0) is 58.1 Å².